The quantitative estimate of drug-likeness (QED) is 0.881. The number of hydrogen-bond donors (Lipinski definition) is 2. The average Bonchev–Trinajstić information content (AvgIpc) is 2.62. The van der Waals surface area contributed by atoms with Gasteiger partial charge < -0.3 is 20.4 Å². The Bertz CT molecular complexity index is 783. The first-order valence-corrected chi connectivity index (χ1v) is 8.60. The van der Waals surface area contributed by atoms with Gasteiger partial charge in [-0.05, 0) is 37.4 Å². The molecule has 0 spiro atoms. The molecule has 7 nitrogen and oxygen atoms in total. The number of amides is 2. The van der Waals surface area contributed by atoms with Crippen LogP contribution in [0.1, 0.15) is 17.3 Å². The van der Waals surface area contributed by atoms with E-state index in [9.17, 15) is 9.59 Å². The van der Waals surface area contributed by atoms with Crippen LogP contribution in [0.3, 0.4) is 0 Å². The summed E-state index contributed by atoms with van der Waals surface area (Å²) in [6, 6.07) is 10.9. The van der Waals surface area contributed by atoms with Crippen LogP contribution in [0.25, 0.3) is 0 Å². The van der Waals surface area contributed by atoms with Crippen molar-refractivity contribution in [2.75, 3.05) is 43.9 Å². The number of anilines is 3. The number of pyridine rings is 1. The van der Waals surface area contributed by atoms with Gasteiger partial charge in [-0.1, -0.05) is 6.07 Å². The Balaban J connectivity index is 1.64. The lowest BCUT2D eigenvalue weighted by atomic mass is 10.2. The minimum absolute atomic E-state index is 0.0183. The first-order chi connectivity index (χ1) is 12.5. The van der Waals surface area contributed by atoms with Gasteiger partial charge in [0, 0.05) is 50.7 Å². The maximum atomic E-state index is 12.5. The molecule has 1 aromatic carbocycles. The number of rotatable bonds is 4. The molecule has 1 aliphatic heterocycles. The van der Waals surface area contributed by atoms with Crippen molar-refractivity contribution in [3.05, 3.63) is 48.2 Å². The third-order valence-electron chi connectivity index (χ3n) is 4.26. The van der Waals surface area contributed by atoms with E-state index in [1.807, 2.05) is 29.2 Å². The third kappa shape index (κ3) is 4.58. The molecule has 2 heterocycles. The van der Waals surface area contributed by atoms with Gasteiger partial charge in [-0.2, -0.15) is 0 Å². The van der Waals surface area contributed by atoms with Crippen LogP contribution in [0.5, 0.6) is 0 Å². The highest BCUT2D eigenvalue weighted by atomic mass is 16.2. The zero-order chi connectivity index (χ0) is 18.5. The van der Waals surface area contributed by atoms with E-state index in [2.05, 4.69) is 27.6 Å². The topological polar surface area (TPSA) is 77.6 Å². The van der Waals surface area contributed by atoms with Crippen molar-refractivity contribution in [3.8, 4) is 0 Å². The average molecular weight is 353 g/mol. The van der Waals surface area contributed by atoms with Gasteiger partial charge in [0.15, 0.2) is 0 Å². The lowest BCUT2D eigenvalue weighted by Crippen LogP contribution is -2.47. The van der Waals surface area contributed by atoms with Crippen molar-refractivity contribution in [1.82, 2.24) is 14.8 Å². The van der Waals surface area contributed by atoms with Crippen LogP contribution >= 0.6 is 0 Å². The van der Waals surface area contributed by atoms with Crippen LogP contribution in [-0.2, 0) is 4.79 Å². The molecular weight excluding hydrogens is 330 g/mol. The molecule has 3 rings (SSSR count). The lowest BCUT2D eigenvalue weighted by Gasteiger charge is -2.32. The van der Waals surface area contributed by atoms with Gasteiger partial charge >= 0.3 is 0 Å². The monoisotopic (exact) mass is 353 g/mol. The number of piperazine rings is 1. The molecular formula is C19H23N5O2. The summed E-state index contributed by atoms with van der Waals surface area (Å²) in [5.41, 5.74) is 2.11. The molecule has 2 amide bonds. The number of likely N-dealkylation sites (N-methyl/N-ethyl adjacent to an activating group) is 1. The van der Waals surface area contributed by atoms with E-state index in [0.717, 1.165) is 31.9 Å². The molecule has 7 heteroatoms. The van der Waals surface area contributed by atoms with Crippen LogP contribution in [0.15, 0.2) is 42.6 Å². The van der Waals surface area contributed by atoms with Crippen molar-refractivity contribution in [3.63, 3.8) is 0 Å². The van der Waals surface area contributed by atoms with Crippen LogP contribution < -0.4 is 10.6 Å². The van der Waals surface area contributed by atoms with E-state index in [-0.39, 0.29) is 11.8 Å². The molecule has 136 valence electrons. The largest absolute Gasteiger partial charge is 0.340 e. The SMILES string of the molecule is CC(=O)Nc1cccc(Nc2ccc(C(=O)N3CCN(C)CC3)cn2)c1. The van der Waals surface area contributed by atoms with E-state index in [1.165, 1.54) is 6.92 Å². The standard InChI is InChI=1S/C19H23N5O2/c1-14(25)21-16-4-3-5-17(12-16)22-18-7-6-15(13-20-18)19(26)24-10-8-23(2)9-11-24/h3-7,12-13H,8-11H2,1-2H3,(H,20,22)(H,21,25). The number of hydrogen-bond acceptors (Lipinski definition) is 5. The van der Waals surface area contributed by atoms with Crippen LogP contribution in [0.4, 0.5) is 17.2 Å². The summed E-state index contributed by atoms with van der Waals surface area (Å²) in [5.74, 6) is 0.539. The van der Waals surface area contributed by atoms with Crippen molar-refractivity contribution >= 4 is 29.0 Å². The Kier molecular flexibility index (Phi) is 5.48. The zero-order valence-corrected chi connectivity index (χ0v) is 15.0. The Morgan fingerprint density at radius 2 is 1.77 bits per heavy atom. The Labute approximate surface area is 153 Å². The van der Waals surface area contributed by atoms with Crippen LogP contribution in [0, 0.1) is 0 Å². The van der Waals surface area contributed by atoms with E-state index in [0.29, 0.717) is 17.1 Å². The Morgan fingerprint density at radius 3 is 2.42 bits per heavy atom. The molecule has 0 unspecified atom stereocenters. The van der Waals surface area contributed by atoms with Crippen LogP contribution in [0.2, 0.25) is 0 Å². The van der Waals surface area contributed by atoms with Crippen molar-refractivity contribution in [2.45, 2.75) is 6.92 Å². The predicted molar refractivity (Wildman–Crippen MR) is 102 cm³/mol. The predicted octanol–water partition coefficient (Wildman–Crippen LogP) is 2.17. The van der Waals surface area contributed by atoms with E-state index in [4.69, 9.17) is 0 Å². The summed E-state index contributed by atoms with van der Waals surface area (Å²) >= 11 is 0. The van der Waals surface area contributed by atoms with E-state index >= 15 is 0 Å². The fourth-order valence-corrected chi connectivity index (χ4v) is 2.81. The van der Waals surface area contributed by atoms with Gasteiger partial charge in [0.1, 0.15) is 5.82 Å². The molecule has 0 atom stereocenters. The van der Waals surface area contributed by atoms with Gasteiger partial charge in [0.2, 0.25) is 5.91 Å². The Morgan fingerprint density at radius 1 is 1.04 bits per heavy atom. The first-order valence-electron chi connectivity index (χ1n) is 8.60. The second-order valence-corrected chi connectivity index (χ2v) is 6.41. The summed E-state index contributed by atoms with van der Waals surface area (Å²) in [6.45, 7) is 4.74. The number of carbonyl (C=O) groups excluding carboxylic acids is 2. The minimum atomic E-state index is -0.118. The molecule has 26 heavy (non-hydrogen) atoms. The summed E-state index contributed by atoms with van der Waals surface area (Å²) in [4.78, 5) is 32.1. The van der Waals surface area contributed by atoms with Crippen molar-refractivity contribution < 1.29 is 9.59 Å². The summed E-state index contributed by atoms with van der Waals surface area (Å²) in [6.07, 6.45) is 1.60. The Hall–Kier alpha value is -2.93. The van der Waals surface area contributed by atoms with Crippen molar-refractivity contribution in [2.24, 2.45) is 0 Å². The second-order valence-electron chi connectivity index (χ2n) is 6.41. The van der Waals surface area contributed by atoms with Gasteiger partial charge in [0.25, 0.3) is 5.91 Å². The van der Waals surface area contributed by atoms with E-state index < -0.39 is 0 Å². The van der Waals surface area contributed by atoms with Gasteiger partial charge in [-0.15, -0.1) is 0 Å². The smallest absolute Gasteiger partial charge is 0.255 e. The normalized spacial score (nSPS) is 14.8. The molecule has 0 bridgehead atoms. The van der Waals surface area contributed by atoms with Gasteiger partial charge in [-0.3, -0.25) is 9.59 Å². The van der Waals surface area contributed by atoms with Gasteiger partial charge in [0.05, 0.1) is 5.56 Å². The fraction of sp³-hybridized carbons (Fsp3) is 0.316. The second kappa shape index (κ2) is 7.97. The highest BCUT2D eigenvalue weighted by Crippen LogP contribution is 2.19. The molecule has 2 aromatic rings. The molecule has 1 saturated heterocycles. The number of carbonyl (C=O) groups is 2. The summed E-state index contributed by atoms with van der Waals surface area (Å²) < 4.78 is 0. The molecule has 0 aliphatic carbocycles. The first kappa shape index (κ1) is 17.9. The highest BCUT2D eigenvalue weighted by Gasteiger charge is 2.20. The minimum Gasteiger partial charge on any atom is -0.340 e. The third-order valence-corrected chi connectivity index (χ3v) is 4.26. The van der Waals surface area contributed by atoms with Crippen molar-refractivity contribution in [1.29, 1.82) is 0 Å². The number of benzene rings is 1. The molecule has 1 aliphatic rings. The maximum Gasteiger partial charge on any atom is 0.255 e. The van der Waals surface area contributed by atoms with E-state index in [1.54, 1.807) is 18.3 Å². The maximum absolute atomic E-state index is 12.5. The number of nitrogens with zero attached hydrogens (tertiary/aromatic N) is 3. The summed E-state index contributed by atoms with van der Waals surface area (Å²) in [7, 11) is 2.06. The highest BCUT2D eigenvalue weighted by molar-refractivity contribution is 5.94. The lowest BCUT2D eigenvalue weighted by molar-refractivity contribution is -0.114. The summed E-state index contributed by atoms with van der Waals surface area (Å²) in [5, 5.41) is 5.92. The molecule has 1 fully saturated rings. The molecule has 2 N–H and O–H groups in total. The number of nitrogens with one attached hydrogen (secondary N) is 2. The van der Waals surface area contributed by atoms with Crippen LogP contribution in [-0.4, -0.2) is 59.8 Å². The molecule has 0 saturated carbocycles. The molecule has 1 aromatic heterocycles. The number of aromatic nitrogens is 1. The zero-order valence-electron chi connectivity index (χ0n) is 15.0. The molecule has 0 radical (unpaired) electrons. The fourth-order valence-electron chi connectivity index (χ4n) is 2.81. The van der Waals surface area contributed by atoms with Gasteiger partial charge in [-0.25, -0.2) is 4.98 Å².